The number of carbonyl (C=O) groups is 2. The van der Waals surface area contributed by atoms with Gasteiger partial charge >= 0.3 is 0 Å². The van der Waals surface area contributed by atoms with Gasteiger partial charge in [0.05, 0.1) is 6.26 Å². The van der Waals surface area contributed by atoms with Crippen molar-refractivity contribution in [1.29, 1.82) is 0 Å². The number of benzene rings is 1. The maximum absolute atomic E-state index is 12.0. The highest BCUT2D eigenvalue weighted by molar-refractivity contribution is 6.02. The molecule has 24 heavy (non-hydrogen) atoms. The summed E-state index contributed by atoms with van der Waals surface area (Å²) in [7, 11) is 1.86. The molecule has 7 heteroatoms. The van der Waals surface area contributed by atoms with Crippen molar-refractivity contribution in [1.82, 2.24) is 5.32 Å². The Balaban J connectivity index is 0.00000288. The van der Waals surface area contributed by atoms with Crippen LogP contribution in [0.25, 0.3) is 0 Å². The summed E-state index contributed by atoms with van der Waals surface area (Å²) in [5, 5.41) is 8.64. The van der Waals surface area contributed by atoms with Crippen LogP contribution in [0.1, 0.15) is 29.0 Å². The van der Waals surface area contributed by atoms with Gasteiger partial charge in [-0.25, -0.2) is 0 Å². The van der Waals surface area contributed by atoms with Crippen LogP contribution in [0.5, 0.6) is 0 Å². The van der Waals surface area contributed by atoms with E-state index in [-0.39, 0.29) is 30.0 Å². The first-order valence-corrected chi connectivity index (χ1v) is 7.50. The van der Waals surface area contributed by atoms with E-state index >= 15 is 0 Å². The molecule has 0 atom stereocenters. The first-order chi connectivity index (χ1) is 11.1. The van der Waals surface area contributed by atoms with Crippen molar-refractivity contribution in [2.24, 2.45) is 0 Å². The zero-order chi connectivity index (χ0) is 16.7. The number of aryl methyl sites for hydroxylation is 1. The zero-order valence-corrected chi connectivity index (χ0v) is 14.5. The zero-order valence-electron chi connectivity index (χ0n) is 13.7. The Kier molecular flexibility index (Phi) is 8.01. The molecule has 1 aromatic carbocycles. The third-order valence-electron chi connectivity index (χ3n) is 3.33. The van der Waals surface area contributed by atoms with Crippen LogP contribution in [-0.4, -0.2) is 25.4 Å². The van der Waals surface area contributed by atoms with E-state index in [1.807, 2.05) is 20.0 Å². The highest BCUT2D eigenvalue weighted by Gasteiger charge is 2.11. The minimum Gasteiger partial charge on any atom is -0.459 e. The molecule has 0 radical (unpaired) electrons. The second kappa shape index (κ2) is 9.75. The summed E-state index contributed by atoms with van der Waals surface area (Å²) in [6.07, 6.45) is 2.71. The molecule has 6 nitrogen and oxygen atoms in total. The van der Waals surface area contributed by atoms with Gasteiger partial charge in [-0.2, -0.15) is 0 Å². The summed E-state index contributed by atoms with van der Waals surface area (Å²) in [5.41, 5.74) is 2.26. The van der Waals surface area contributed by atoms with Crippen LogP contribution in [0, 0.1) is 6.92 Å². The van der Waals surface area contributed by atoms with Crippen LogP contribution >= 0.6 is 12.4 Å². The summed E-state index contributed by atoms with van der Waals surface area (Å²) in [4.78, 5) is 23.8. The number of hydrogen-bond acceptors (Lipinski definition) is 4. The smallest absolute Gasteiger partial charge is 0.291 e. The van der Waals surface area contributed by atoms with E-state index in [1.165, 1.54) is 6.26 Å². The summed E-state index contributed by atoms with van der Waals surface area (Å²) < 4.78 is 5.06. The molecule has 2 rings (SSSR count). The number of nitrogens with one attached hydrogen (secondary N) is 3. The molecule has 1 aromatic heterocycles. The SMILES string of the molecule is CNCCCC(=O)Nc1ccc(NC(=O)c2ccco2)c(C)c1.Cl. The monoisotopic (exact) mass is 351 g/mol. The van der Waals surface area contributed by atoms with Gasteiger partial charge in [0.1, 0.15) is 0 Å². The van der Waals surface area contributed by atoms with Gasteiger partial charge in [-0.3, -0.25) is 9.59 Å². The van der Waals surface area contributed by atoms with Crippen LogP contribution in [-0.2, 0) is 4.79 Å². The molecule has 0 spiro atoms. The minimum atomic E-state index is -0.304. The van der Waals surface area contributed by atoms with Gasteiger partial charge in [0.25, 0.3) is 5.91 Å². The summed E-state index contributed by atoms with van der Waals surface area (Å²) in [5.74, 6) is -0.0692. The van der Waals surface area contributed by atoms with Gasteiger partial charge in [0.2, 0.25) is 5.91 Å². The van der Waals surface area contributed by atoms with Crippen LogP contribution in [0.4, 0.5) is 11.4 Å². The lowest BCUT2D eigenvalue weighted by atomic mass is 10.1. The average molecular weight is 352 g/mol. The van der Waals surface area contributed by atoms with Crippen LogP contribution < -0.4 is 16.0 Å². The number of furan rings is 1. The fourth-order valence-corrected chi connectivity index (χ4v) is 2.12. The molecule has 1 heterocycles. The first-order valence-electron chi connectivity index (χ1n) is 7.50. The molecular weight excluding hydrogens is 330 g/mol. The maximum atomic E-state index is 12.0. The van der Waals surface area contributed by atoms with Crippen LogP contribution in [0.2, 0.25) is 0 Å². The molecule has 0 saturated heterocycles. The topological polar surface area (TPSA) is 83.4 Å². The summed E-state index contributed by atoms with van der Waals surface area (Å²) in [6, 6.07) is 8.62. The molecule has 2 amide bonds. The minimum absolute atomic E-state index is 0. The van der Waals surface area contributed by atoms with Crippen molar-refractivity contribution in [3.05, 3.63) is 47.9 Å². The molecule has 130 valence electrons. The third-order valence-corrected chi connectivity index (χ3v) is 3.33. The summed E-state index contributed by atoms with van der Waals surface area (Å²) in [6.45, 7) is 2.68. The van der Waals surface area contributed by atoms with Crippen molar-refractivity contribution >= 4 is 35.6 Å². The van der Waals surface area contributed by atoms with Gasteiger partial charge in [0, 0.05) is 17.8 Å². The quantitative estimate of drug-likeness (QED) is 0.669. The Labute approximate surface area is 147 Å². The highest BCUT2D eigenvalue weighted by Crippen LogP contribution is 2.20. The summed E-state index contributed by atoms with van der Waals surface area (Å²) >= 11 is 0. The van der Waals surface area contributed by atoms with Crippen LogP contribution in [0.3, 0.4) is 0 Å². The number of carbonyl (C=O) groups excluding carboxylic acids is 2. The number of amides is 2. The van der Waals surface area contributed by atoms with E-state index < -0.39 is 0 Å². The van der Waals surface area contributed by atoms with Crippen molar-refractivity contribution in [2.45, 2.75) is 19.8 Å². The lowest BCUT2D eigenvalue weighted by Crippen LogP contribution is -2.15. The molecule has 0 aliphatic heterocycles. The van der Waals surface area contributed by atoms with E-state index in [4.69, 9.17) is 4.42 Å². The lowest BCUT2D eigenvalue weighted by molar-refractivity contribution is -0.116. The maximum Gasteiger partial charge on any atom is 0.291 e. The van der Waals surface area contributed by atoms with Gasteiger partial charge in [0.15, 0.2) is 5.76 Å². The largest absolute Gasteiger partial charge is 0.459 e. The number of rotatable bonds is 7. The molecule has 0 bridgehead atoms. The van der Waals surface area contributed by atoms with Crippen LogP contribution in [0.15, 0.2) is 41.0 Å². The molecule has 3 N–H and O–H groups in total. The van der Waals surface area contributed by atoms with Crippen molar-refractivity contribution in [3.63, 3.8) is 0 Å². The Morgan fingerprint density at radius 1 is 1.17 bits per heavy atom. The van der Waals surface area contributed by atoms with E-state index in [2.05, 4.69) is 16.0 Å². The van der Waals surface area contributed by atoms with Crippen molar-refractivity contribution < 1.29 is 14.0 Å². The molecule has 0 aliphatic rings. The van der Waals surface area contributed by atoms with Gasteiger partial charge in [-0.05, 0) is 62.8 Å². The Morgan fingerprint density at radius 3 is 2.58 bits per heavy atom. The molecule has 0 unspecified atom stereocenters. The molecule has 2 aromatic rings. The van der Waals surface area contributed by atoms with E-state index in [0.29, 0.717) is 17.8 Å². The standard InChI is InChI=1S/C17H21N3O3.ClH/c1-12-11-13(19-16(21)6-3-9-18-2)7-8-14(12)20-17(22)15-5-4-10-23-15;/h4-5,7-8,10-11,18H,3,6,9H2,1-2H3,(H,19,21)(H,20,22);1H. The Morgan fingerprint density at radius 2 is 1.96 bits per heavy atom. The van der Waals surface area contributed by atoms with E-state index in [1.54, 1.807) is 24.3 Å². The van der Waals surface area contributed by atoms with Gasteiger partial charge in [-0.15, -0.1) is 12.4 Å². The van der Waals surface area contributed by atoms with Crippen molar-refractivity contribution in [2.75, 3.05) is 24.2 Å². The number of halogens is 1. The number of hydrogen-bond donors (Lipinski definition) is 3. The second-order valence-corrected chi connectivity index (χ2v) is 5.22. The molecular formula is C17H22ClN3O3. The van der Waals surface area contributed by atoms with Gasteiger partial charge in [-0.1, -0.05) is 0 Å². The Hall–Kier alpha value is -2.31. The van der Waals surface area contributed by atoms with E-state index in [0.717, 1.165) is 18.5 Å². The number of anilines is 2. The fraction of sp³-hybridized carbons (Fsp3) is 0.294. The average Bonchev–Trinajstić information content (AvgIpc) is 3.04. The molecule has 0 saturated carbocycles. The highest BCUT2D eigenvalue weighted by atomic mass is 35.5. The lowest BCUT2D eigenvalue weighted by Gasteiger charge is -2.10. The third kappa shape index (κ3) is 5.72. The fourth-order valence-electron chi connectivity index (χ4n) is 2.12. The molecule has 0 fully saturated rings. The molecule has 0 aliphatic carbocycles. The Bertz CT molecular complexity index is 672. The first kappa shape index (κ1) is 19.7. The van der Waals surface area contributed by atoms with E-state index in [9.17, 15) is 9.59 Å². The predicted octanol–water partition coefficient (Wildman–Crippen LogP) is 3.20. The second-order valence-electron chi connectivity index (χ2n) is 5.22. The normalized spacial score (nSPS) is 9.92. The van der Waals surface area contributed by atoms with Crippen molar-refractivity contribution in [3.8, 4) is 0 Å². The predicted molar refractivity (Wildman–Crippen MR) is 96.9 cm³/mol. The van der Waals surface area contributed by atoms with Gasteiger partial charge < -0.3 is 20.4 Å².